The van der Waals surface area contributed by atoms with Crippen LogP contribution in [0.5, 0.6) is 0 Å². The number of hydrogen-bond acceptors (Lipinski definition) is 4. The second kappa shape index (κ2) is 5.89. The fourth-order valence-corrected chi connectivity index (χ4v) is 2.02. The topological polar surface area (TPSA) is 63.8 Å². The van der Waals surface area contributed by atoms with Crippen molar-refractivity contribution in [1.29, 1.82) is 0 Å². The van der Waals surface area contributed by atoms with E-state index >= 15 is 0 Å². The number of nitrogen functional groups attached to an aromatic ring is 1. The Morgan fingerprint density at radius 1 is 1.32 bits per heavy atom. The zero-order valence-corrected chi connectivity index (χ0v) is 11.8. The van der Waals surface area contributed by atoms with Crippen LogP contribution in [0.2, 0.25) is 5.02 Å². The number of nitrogens with zero attached hydrogens (tertiary/aromatic N) is 2. The van der Waals surface area contributed by atoms with Crippen LogP contribution in [0.4, 0.5) is 17.3 Å². The first-order valence-electron chi connectivity index (χ1n) is 6.24. The molecule has 0 unspecified atom stereocenters. The lowest BCUT2D eigenvalue weighted by Crippen LogP contribution is -2.05. The van der Waals surface area contributed by atoms with E-state index in [1.54, 1.807) is 0 Å². The summed E-state index contributed by atoms with van der Waals surface area (Å²) in [5.74, 6) is 1.27. The molecule has 5 heteroatoms. The van der Waals surface area contributed by atoms with E-state index in [0.29, 0.717) is 5.82 Å². The highest BCUT2D eigenvalue weighted by Crippen LogP contribution is 2.26. The van der Waals surface area contributed by atoms with Gasteiger partial charge in [0, 0.05) is 16.3 Å². The molecule has 0 spiro atoms. The van der Waals surface area contributed by atoms with Crippen molar-refractivity contribution in [1.82, 2.24) is 9.97 Å². The van der Waals surface area contributed by atoms with Crippen LogP contribution in [-0.2, 0) is 6.42 Å². The average molecular weight is 277 g/mol. The van der Waals surface area contributed by atoms with Gasteiger partial charge in [0.1, 0.15) is 18.0 Å². The second-order valence-electron chi connectivity index (χ2n) is 4.43. The summed E-state index contributed by atoms with van der Waals surface area (Å²) in [5, 5.41) is 3.98. The van der Waals surface area contributed by atoms with Gasteiger partial charge < -0.3 is 11.1 Å². The van der Waals surface area contributed by atoms with Gasteiger partial charge in [-0.2, -0.15) is 0 Å². The maximum atomic E-state index is 6.11. The Kier molecular flexibility index (Phi) is 4.22. The lowest BCUT2D eigenvalue weighted by atomic mass is 10.1. The van der Waals surface area contributed by atoms with Crippen LogP contribution in [0.3, 0.4) is 0 Å². The van der Waals surface area contributed by atoms with Gasteiger partial charge in [-0.25, -0.2) is 9.97 Å². The van der Waals surface area contributed by atoms with Crippen molar-refractivity contribution >= 4 is 28.9 Å². The molecule has 0 saturated carbocycles. The molecule has 1 aromatic heterocycles. The fourth-order valence-electron chi connectivity index (χ4n) is 1.84. The minimum absolute atomic E-state index is 0.526. The van der Waals surface area contributed by atoms with E-state index in [2.05, 4.69) is 22.2 Å². The maximum Gasteiger partial charge on any atom is 0.139 e. The molecule has 1 aromatic carbocycles. The molecule has 1 heterocycles. The van der Waals surface area contributed by atoms with Crippen molar-refractivity contribution < 1.29 is 0 Å². The van der Waals surface area contributed by atoms with Crippen molar-refractivity contribution in [2.45, 2.75) is 26.7 Å². The van der Waals surface area contributed by atoms with Crippen LogP contribution < -0.4 is 11.1 Å². The summed E-state index contributed by atoms with van der Waals surface area (Å²) >= 11 is 6.11. The fraction of sp³-hybridized carbons (Fsp3) is 0.286. The molecule has 19 heavy (non-hydrogen) atoms. The summed E-state index contributed by atoms with van der Waals surface area (Å²) in [6.07, 6.45) is 3.29. The summed E-state index contributed by atoms with van der Waals surface area (Å²) in [6.45, 7) is 4.07. The minimum atomic E-state index is 0.526. The Bertz CT molecular complexity index is 584. The molecular weight excluding hydrogens is 260 g/mol. The highest BCUT2D eigenvalue weighted by atomic mass is 35.5. The highest BCUT2D eigenvalue weighted by molar-refractivity contribution is 6.31. The smallest absolute Gasteiger partial charge is 0.139 e. The molecule has 0 atom stereocenters. The van der Waals surface area contributed by atoms with E-state index < -0.39 is 0 Å². The highest BCUT2D eigenvalue weighted by Gasteiger charge is 2.09. The van der Waals surface area contributed by atoms with Gasteiger partial charge in [0.2, 0.25) is 0 Å². The standard InChI is InChI=1S/C14H17ClN4/c1-3-4-11-13(16)17-8-18-14(11)19-10-6-5-9(2)12(15)7-10/h5-8H,3-4H2,1-2H3,(H3,16,17,18,19). The third-order valence-corrected chi connectivity index (χ3v) is 3.32. The maximum absolute atomic E-state index is 6.11. The summed E-state index contributed by atoms with van der Waals surface area (Å²) in [7, 11) is 0. The number of hydrogen-bond donors (Lipinski definition) is 2. The van der Waals surface area contributed by atoms with Gasteiger partial charge in [-0.15, -0.1) is 0 Å². The third-order valence-electron chi connectivity index (χ3n) is 2.91. The number of rotatable bonds is 4. The van der Waals surface area contributed by atoms with E-state index in [1.165, 1.54) is 6.33 Å². The molecular formula is C14H17ClN4. The lowest BCUT2D eigenvalue weighted by molar-refractivity contribution is 0.908. The molecule has 0 aliphatic heterocycles. The summed E-state index contributed by atoms with van der Waals surface area (Å²) < 4.78 is 0. The van der Waals surface area contributed by atoms with Crippen LogP contribution in [0, 0.1) is 6.92 Å². The summed E-state index contributed by atoms with van der Waals surface area (Å²) in [5.41, 5.74) is 8.78. The normalized spacial score (nSPS) is 10.5. The van der Waals surface area contributed by atoms with Crippen LogP contribution in [0.1, 0.15) is 24.5 Å². The first kappa shape index (κ1) is 13.6. The number of halogens is 1. The van der Waals surface area contributed by atoms with Gasteiger partial charge >= 0.3 is 0 Å². The molecule has 0 amide bonds. The molecule has 0 saturated heterocycles. The number of nitrogens with two attached hydrogens (primary N) is 1. The number of benzene rings is 1. The zero-order valence-electron chi connectivity index (χ0n) is 11.1. The molecule has 4 nitrogen and oxygen atoms in total. The van der Waals surface area contributed by atoms with E-state index in [-0.39, 0.29) is 0 Å². The first-order chi connectivity index (χ1) is 9.11. The number of aryl methyl sites for hydroxylation is 1. The zero-order chi connectivity index (χ0) is 13.8. The Morgan fingerprint density at radius 2 is 2.11 bits per heavy atom. The molecule has 0 aliphatic rings. The summed E-state index contributed by atoms with van der Waals surface area (Å²) in [6, 6.07) is 5.81. The predicted molar refractivity (Wildman–Crippen MR) is 79.9 cm³/mol. The Labute approximate surface area is 118 Å². The average Bonchev–Trinajstić information content (AvgIpc) is 2.38. The first-order valence-corrected chi connectivity index (χ1v) is 6.62. The molecule has 0 radical (unpaired) electrons. The number of anilines is 3. The molecule has 2 aromatic rings. The van der Waals surface area contributed by atoms with Crippen LogP contribution in [0.15, 0.2) is 24.5 Å². The van der Waals surface area contributed by atoms with Gasteiger partial charge in [0.25, 0.3) is 0 Å². The van der Waals surface area contributed by atoms with Gasteiger partial charge in [-0.1, -0.05) is 31.0 Å². The predicted octanol–water partition coefficient (Wildman–Crippen LogP) is 3.72. The second-order valence-corrected chi connectivity index (χ2v) is 4.83. The van der Waals surface area contributed by atoms with Crippen LogP contribution >= 0.6 is 11.6 Å². The van der Waals surface area contributed by atoms with Crippen molar-refractivity contribution in [2.75, 3.05) is 11.1 Å². The Morgan fingerprint density at radius 3 is 2.79 bits per heavy atom. The lowest BCUT2D eigenvalue weighted by Gasteiger charge is -2.12. The third kappa shape index (κ3) is 3.15. The van der Waals surface area contributed by atoms with Gasteiger partial charge in [0.15, 0.2) is 0 Å². The van der Waals surface area contributed by atoms with E-state index in [1.807, 2.05) is 25.1 Å². The van der Waals surface area contributed by atoms with Crippen LogP contribution in [-0.4, -0.2) is 9.97 Å². The Balaban J connectivity index is 2.32. The Hall–Kier alpha value is -1.81. The summed E-state index contributed by atoms with van der Waals surface area (Å²) in [4.78, 5) is 8.29. The van der Waals surface area contributed by atoms with Crippen molar-refractivity contribution in [3.8, 4) is 0 Å². The molecule has 0 fully saturated rings. The SMILES string of the molecule is CCCc1c(N)ncnc1Nc1ccc(C)c(Cl)c1. The van der Waals surface area contributed by atoms with Crippen LogP contribution in [0.25, 0.3) is 0 Å². The minimum Gasteiger partial charge on any atom is -0.383 e. The van der Waals surface area contributed by atoms with E-state index in [0.717, 1.165) is 40.5 Å². The molecule has 3 N–H and O–H groups in total. The van der Waals surface area contributed by atoms with Crippen molar-refractivity contribution in [3.05, 3.63) is 40.7 Å². The monoisotopic (exact) mass is 276 g/mol. The molecule has 0 bridgehead atoms. The molecule has 0 aliphatic carbocycles. The van der Waals surface area contributed by atoms with Gasteiger partial charge in [-0.3, -0.25) is 0 Å². The number of aromatic nitrogens is 2. The largest absolute Gasteiger partial charge is 0.383 e. The van der Waals surface area contributed by atoms with Crippen molar-refractivity contribution in [3.63, 3.8) is 0 Å². The van der Waals surface area contributed by atoms with Crippen molar-refractivity contribution in [2.24, 2.45) is 0 Å². The van der Waals surface area contributed by atoms with E-state index in [9.17, 15) is 0 Å². The van der Waals surface area contributed by atoms with Gasteiger partial charge in [0.05, 0.1) is 0 Å². The molecule has 100 valence electrons. The quantitative estimate of drug-likeness (QED) is 0.893. The van der Waals surface area contributed by atoms with E-state index in [4.69, 9.17) is 17.3 Å². The number of nitrogens with one attached hydrogen (secondary N) is 1. The molecule has 2 rings (SSSR count). The van der Waals surface area contributed by atoms with Gasteiger partial charge in [-0.05, 0) is 31.0 Å².